The smallest absolute Gasteiger partial charge is 0.136 e. The topological polar surface area (TPSA) is 47.4 Å². The fraction of sp³-hybridized carbons (Fsp3) is 0.0172. The van der Waals surface area contributed by atoms with Crippen LogP contribution >= 0.6 is 0 Å². The molecular weight excluding hydrogens is 769 g/mol. The van der Waals surface area contributed by atoms with Gasteiger partial charge >= 0.3 is 0 Å². The van der Waals surface area contributed by atoms with E-state index in [4.69, 9.17) is 9.41 Å². The van der Waals surface area contributed by atoms with Gasteiger partial charge in [-0.25, -0.2) is 4.99 Å². The summed E-state index contributed by atoms with van der Waals surface area (Å²) in [4.78, 5) is 5.16. The van der Waals surface area contributed by atoms with Gasteiger partial charge in [0.2, 0.25) is 0 Å². The molecule has 0 bridgehead atoms. The molecule has 4 heterocycles. The molecule has 12 aromatic rings. The van der Waals surface area contributed by atoms with Crippen LogP contribution in [0, 0.1) is 0 Å². The summed E-state index contributed by atoms with van der Waals surface area (Å²) in [5, 5.41) is 10.8. The number of para-hydroxylation sites is 3. The summed E-state index contributed by atoms with van der Waals surface area (Å²) >= 11 is 0. The van der Waals surface area contributed by atoms with E-state index in [0.717, 1.165) is 72.5 Å². The SMILES string of the molecule is C1=C(c2ccccc2)N=C(c2ccc(-n3c4ccccc4c4cc(-c5ccc6c(c5)c5c7c(ccc5n6-c5ccccc5)oc5ccccc57)ccc43)cc2)NC1c1ccccc1. The predicted molar refractivity (Wildman–Crippen MR) is 261 cm³/mol. The van der Waals surface area contributed by atoms with Crippen LogP contribution in [0.3, 0.4) is 0 Å². The Kier molecular flexibility index (Phi) is 7.90. The second-order valence-electron chi connectivity index (χ2n) is 16.4. The Labute approximate surface area is 363 Å². The fourth-order valence-electron chi connectivity index (χ4n) is 9.85. The first-order valence-electron chi connectivity index (χ1n) is 21.5. The molecule has 5 nitrogen and oxygen atoms in total. The Morgan fingerprint density at radius 3 is 1.75 bits per heavy atom. The molecule has 3 aromatic heterocycles. The molecule has 296 valence electrons. The Morgan fingerprint density at radius 2 is 0.968 bits per heavy atom. The van der Waals surface area contributed by atoms with Gasteiger partial charge in [-0.1, -0.05) is 127 Å². The number of hydrogen-bond acceptors (Lipinski definition) is 3. The van der Waals surface area contributed by atoms with Gasteiger partial charge in [0.25, 0.3) is 0 Å². The van der Waals surface area contributed by atoms with Crippen LogP contribution in [0.4, 0.5) is 0 Å². The zero-order chi connectivity index (χ0) is 41.4. The first-order chi connectivity index (χ1) is 31.2. The van der Waals surface area contributed by atoms with Crippen LogP contribution in [0.25, 0.3) is 93.7 Å². The van der Waals surface area contributed by atoms with E-state index in [9.17, 15) is 0 Å². The molecule has 0 radical (unpaired) electrons. The molecule has 9 aromatic carbocycles. The van der Waals surface area contributed by atoms with Crippen LogP contribution in [-0.4, -0.2) is 15.0 Å². The van der Waals surface area contributed by atoms with Crippen molar-refractivity contribution in [3.8, 4) is 22.5 Å². The number of aliphatic imine (C=N–C) groups is 1. The van der Waals surface area contributed by atoms with Crippen LogP contribution in [0.2, 0.25) is 0 Å². The highest BCUT2D eigenvalue weighted by Gasteiger charge is 2.22. The standard InChI is InChI=1S/C58H38N4O/c1-4-14-37(15-5-1)48-36-49(38-16-6-2-7-17-38)60-58(59-48)39-24-28-43(29-25-39)61-50-22-12-10-20-44(50)46-34-40(26-30-51(46)61)41-27-31-52-47(35-41)56-53(62(52)42-18-8-3-9-19-42)32-33-55-57(56)45-21-11-13-23-54(45)63-55/h1-36,48H,(H,59,60). The number of amidine groups is 1. The lowest BCUT2D eigenvalue weighted by Gasteiger charge is -2.24. The van der Waals surface area contributed by atoms with Crippen molar-refractivity contribution in [1.29, 1.82) is 0 Å². The molecule has 1 aliphatic rings. The molecule has 0 saturated heterocycles. The monoisotopic (exact) mass is 806 g/mol. The molecule has 0 amide bonds. The highest BCUT2D eigenvalue weighted by Crippen LogP contribution is 2.43. The van der Waals surface area contributed by atoms with Crippen molar-refractivity contribution in [3.63, 3.8) is 0 Å². The van der Waals surface area contributed by atoms with Gasteiger partial charge in [-0.3, -0.25) is 0 Å². The van der Waals surface area contributed by atoms with E-state index < -0.39 is 0 Å². The van der Waals surface area contributed by atoms with Crippen LogP contribution in [0.1, 0.15) is 22.7 Å². The zero-order valence-electron chi connectivity index (χ0n) is 34.1. The number of furan rings is 1. The Balaban J connectivity index is 0.928. The molecule has 13 rings (SSSR count). The summed E-state index contributed by atoms with van der Waals surface area (Å²) in [7, 11) is 0. The average Bonchev–Trinajstić information content (AvgIpc) is 4.02. The van der Waals surface area contributed by atoms with Gasteiger partial charge < -0.3 is 18.9 Å². The van der Waals surface area contributed by atoms with Gasteiger partial charge in [0.05, 0.1) is 33.8 Å². The van der Waals surface area contributed by atoms with Crippen LogP contribution < -0.4 is 5.32 Å². The van der Waals surface area contributed by atoms with Crippen molar-refractivity contribution in [1.82, 2.24) is 14.5 Å². The number of nitrogens with zero attached hydrogens (tertiary/aromatic N) is 3. The minimum atomic E-state index is -0.00475. The van der Waals surface area contributed by atoms with E-state index in [2.05, 4.69) is 221 Å². The summed E-state index contributed by atoms with van der Waals surface area (Å²) in [5.41, 5.74) is 15.3. The van der Waals surface area contributed by atoms with E-state index in [0.29, 0.717) is 0 Å². The summed E-state index contributed by atoms with van der Waals surface area (Å²) in [5.74, 6) is 0.856. The first-order valence-corrected chi connectivity index (χ1v) is 21.5. The quantitative estimate of drug-likeness (QED) is 0.182. The Hall–Kier alpha value is -8.41. The molecule has 0 aliphatic carbocycles. The normalized spacial score (nSPS) is 14.2. The number of fused-ring (bicyclic) bond motifs is 10. The molecule has 1 N–H and O–H groups in total. The highest BCUT2D eigenvalue weighted by molar-refractivity contribution is 6.27. The number of benzene rings is 9. The summed E-state index contributed by atoms with van der Waals surface area (Å²) < 4.78 is 11.2. The molecule has 0 spiro atoms. The molecule has 1 aliphatic heterocycles. The second-order valence-corrected chi connectivity index (χ2v) is 16.4. The molecule has 63 heavy (non-hydrogen) atoms. The molecular formula is C58H38N4O. The van der Waals surface area contributed by atoms with Crippen molar-refractivity contribution in [2.75, 3.05) is 0 Å². The van der Waals surface area contributed by atoms with Gasteiger partial charge in [-0.05, 0) is 113 Å². The minimum Gasteiger partial charge on any atom is -0.456 e. The van der Waals surface area contributed by atoms with Crippen molar-refractivity contribution in [2.45, 2.75) is 6.04 Å². The Bertz CT molecular complexity index is 3800. The first kappa shape index (κ1) is 35.4. The molecule has 1 atom stereocenters. The minimum absolute atomic E-state index is 0.00475. The number of aromatic nitrogens is 2. The summed E-state index contributed by atoms with van der Waals surface area (Å²) in [6.07, 6.45) is 2.22. The van der Waals surface area contributed by atoms with Crippen molar-refractivity contribution in [3.05, 3.63) is 235 Å². The van der Waals surface area contributed by atoms with Gasteiger partial charge in [0, 0.05) is 49.3 Å². The Morgan fingerprint density at radius 1 is 0.397 bits per heavy atom. The van der Waals surface area contributed by atoms with E-state index in [1.165, 1.54) is 43.8 Å². The summed E-state index contributed by atoms with van der Waals surface area (Å²) in [6, 6.07) is 75.8. The van der Waals surface area contributed by atoms with Crippen molar-refractivity contribution < 1.29 is 4.42 Å². The third-order valence-electron chi connectivity index (χ3n) is 12.8. The van der Waals surface area contributed by atoms with E-state index in [1.807, 2.05) is 12.1 Å². The third kappa shape index (κ3) is 5.67. The second kappa shape index (κ2) is 14.1. The lowest BCUT2D eigenvalue weighted by molar-refractivity contribution is 0.669. The number of hydrogen-bond donors (Lipinski definition) is 1. The highest BCUT2D eigenvalue weighted by atomic mass is 16.3. The molecule has 0 fully saturated rings. The van der Waals surface area contributed by atoms with Gasteiger partial charge in [0.1, 0.15) is 17.0 Å². The van der Waals surface area contributed by atoms with Gasteiger partial charge in [-0.15, -0.1) is 0 Å². The maximum atomic E-state index is 6.42. The van der Waals surface area contributed by atoms with Crippen molar-refractivity contribution >= 4 is 77.1 Å². The van der Waals surface area contributed by atoms with Crippen LogP contribution in [-0.2, 0) is 0 Å². The largest absolute Gasteiger partial charge is 0.456 e. The van der Waals surface area contributed by atoms with E-state index in [1.54, 1.807) is 0 Å². The fourth-order valence-corrected chi connectivity index (χ4v) is 9.85. The van der Waals surface area contributed by atoms with Crippen LogP contribution in [0.15, 0.2) is 228 Å². The van der Waals surface area contributed by atoms with Gasteiger partial charge in [-0.2, -0.15) is 0 Å². The number of nitrogens with one attached hydrogen (secondary N) is 1. The summed E-state index contributed by atoms with van der Waals surface area (Å²) in [6.45, 7) is 0. The van der Waals surface area contributed by atoms with Crippen LogP contribution in [0.5, 0.6) is 0 Å². The van der Waals surface area contributed by atoms with Gasteiger partial charge in [0.15, 0.2) is 0 Å². The lowest BCUT2D eigenvalue weighted by Crippen LogP contribution is -2.31. The number of rotatable bonds is 6. The lowest BCUT2D eigenvalue weighted by atomic mass is 9.99. The third-order valence-corrected chi connectivity index (χ3v) is 12.8. The average molecular weight is 807 g/mol. The maximum Gasteiger partial charge on any atom is 0.136 e. The molecule has 1 unspecified atom stereocenters. The predicted octanol–water partition coefficient (Wildman–Crippen LogP) is 14.6. The van der Waals surface area contributed by atoms with Crippen molar-refractivity contribution in [2.24, 2.45) is 4.99 Å². The zero-order valence-corrected chi connectivity index (χ0v) is 34.1. The van der Waals surface area contributed by atoms with E-state index >= 15 is 0 Å². The maximum absolute atomic E-state index is 6.42. The van der Waals surface area contributed by atoms with E-state index in [-0.39, 0.29) is 6.04 Å². The molecule has 0 saturated carbocycles. The molecule has 5 heteroatoms.